The lowest BCUT2D eigenvalue weighted by atomic mass is 9.93. The van der Waals surface area contributed by atoms with Crippen LogP contribution in [0.4, 0.5) is 4.39 Å². The lowest BCUT2D eigenvalue weighted by Crippen LogP contribution is -2.06. The molecule has 294 valence electrons. The predicted octanol–water partition coefficient (Wildman–Crippen LogP) is 14.7. The average Bonchev–Trinajstić information content (AvgIpc) is 3.86. The first-order valence-corrected chi connectivity index (χ1v) is 21.1. The first-order valence-electron chi connectivity index (χ1n) is 21.1. The van der Waals surface area contributed by atoms with Crippen molar-refractivity contribution in [3.8, 4) is 45.5 Å². The van der Waals surface area contributed by atoms with Crippen LogP contribution in [0.5, 0.6) is 0 Å². The maximum absolute atomic E-state index is 14.8. The van der Waals surface area contributed by atoms with E-state index in [1.54, 1.807) is 6.07 Å². The minimum atomic E-state index is -0.261. The third-order valence-electron chi connectivity index (χ3n) is 12.6. The summed E-state index contributed by atoms with van der Waals surface area (Å²) in [7, 11) is 0. The molecule has 0 unspecified atom stereocenters. The summed E-state index contributed by atoms with van der Waals surface area (Å²) in [6.07, 6.45) is 0. The molecule has 0 aliphatic carbocycles. The van der Waals surface area contributed by atoms with Crippen LogP contribution in [0.1, 0.15) is 0 Å². The quantitative estimate of drug-likeness (QED) is 0.163. The highest BCUT2D eigenvalue weighted by atomic mass is 19.1. The Morgan fingerprint density at radius 2 is 0.762 bits per heavy atom. The predicted molar refractivity (Wildman–Crippen MR) is 257 cm³/mol. The molecule has 0 amide bonds. The number of para-hydroxylation sites is 3. The van der Waals surface area contributed by atoms with Crippen LogP contribution >= 0.6 is 0 Å². The summed E-state index contributed by atoms with van der Waals surface area (Å²) in [5, 5.41) is 10.7. The summed E-state index contributed by atoms with van der Waals surface area (Å²) in [5.41, 5.74) is 9.41. The van der Waals surface area contributed by atoms with Crippen molar-refractivity contribution >= 4 is 75.9 Å². The lowest BCUT2D eigenvalue weighted by molar-refractivity contribution is 0.630. The lowest BCUT2D eigenvalue weighted by Gasteiger charge is -2.13. The van der Waals surface area contributed by atoms with Gasteiger partial charge in [-0.25, -0.2) is 9.37 Å². The highest BCUT2D eigenvalue weighted by Crippen LogP contribution is 2.40. The molecule has 0 radical (unpaired) electrons. The van der Waals surface area contributed by atoms with E-state index in [0.29, 0.717) is 17.6 Å². The second kappa shape index (κ2) is 13.8. The van der Waals surface area contributed by atoms with Crippen molar-refractivity contribution in [3.05, 3.63) is 212 Å². The molecule has 0 fully saturated rings. The molecular weight excluding hydrogens is 774 g/mol. The molecule has 13 aromatic rings. The molecule has 0 N–H and O–H groups in total. The van der Waals surface area contributed by atoms with Gasteiger partial charge in [-0.1, -0.05) is 146 Å². The molecule has 0 atom stereocenters. The Balaban J connectivity index is 1.03. The number of hydrogen-bond donors (Lipinski definition) is 0. The van der Waals surface area contributed by atoms with E-state index in [-0.39, 0.29) is 5.82 Å². The standard InChI is InChI=1S/C57H34FN5/c58-39-26-29-44-48-32-38(24-27-43(48)41-17-7-8-18-42(41)49(44)34-39)56-59-55(35-13-3-1-4-14-35)60-57(61-56)63-52-22-12-9-19-45(52)47-28-23-37(33-54(47)63)36-25-30-53-50(31-36)46-20-10-11-21-51(46)62(53)40-15-5-2-6-16-40/h1-34H. The van der Waals surface area contributed by atoms with E-state index >= 15 is 0 Å². The Morgan fingerprint density at radius 1 is 0.286 bits per heavy atom. The van der Waals surface area contributed by atoms with Crippen LogP contribution in [-0.4, -0.2) is 24.1 Å². The second-order valence-corrected chi connectivity index (χ2v) is 16.1. The maximum Gasteiger partial charge on any atom is 0.238 e. The number of fused-ring (bicyclic) bond motifs is 12. The first kappa shape index (κ1) is 35.3. The van der Waals surface area contributed by atoms with Gasteiger partial charge in [-0.05, 0) is 104 Å². The number of hydrogen-bond acceptors (Lipinski definition) is 3. The van der Waals surface area contributed by atoms with E-state index in [4.69, 9.17) is 15.0 Å². The summed E-state index contributed by atoms with van der Waals surface area (Å²) in [5.74, 6) is 1.38. The zero-order valence-electron chi connectivity index (χ0n) is 33.7. The number of benzene rings is 10. The molecule has 0 saturated carbocycles. The summed E-state index contributed by atoms with van der Waals surface area (Å²) < 4.78 is 19.3. The zero-order valence-corrected chi connectivity index (χ0v) is 33.7. The number of rotatable bonds is 5. The van der Waals surface area contributed by atoms with E-state index in [2.05, 4.69) is 155 Å². The van der Waals surface area contributed by atoms with Gasteiger partial charge in [-0.15, -0.1) is 0 Å². The highest BCUT2D eigenvalue weighted by molar-refractivity contribution is 6.25. The van der Waals surface area contributed by atoms with E-state index in [9.17, 15) is 4.39 Å². The molecule has 0 spiro atoms. The molecule has 3 heterocycles. The van der Waals surface area contributed by atoms with Crippen LogP contribution in [-0.2, 0) is 0 Å². The van der Waals surface area contributed by atoms with Crippen LogP contribution < -0.4 is 0 Å². The van der Waals surface area contributed by atoms with E-state index in [1.807, 2.05) is 48.5 Å². The van der Waals surface area contributed by atoms with Crippen molar-refractivity contribution in [2.45, 2.75) is 0 Å². The number of halogens is 1. The minimum absolute atomic E-state index is 0.261. The maximum atomic E-state index is 14.8. The van der Waals surface area contributed by atoms with Crippen molar-refractivity contribution in [2.75, 3.05) is 0 Å². The molecule has 0 aliphatic rings. The fourth-order valence-corrected chi connectivity index (χ4v) is 9.75. The largest absolute Gasteiger partial charge is 0.309 e. The van der Waals surface area contributed by atoms with Gasteiger partial charge in [0.2, 0.25) is 5.95 Å². The zero-order chi connectivity index (χ0) is 41.6. The van der Waals surface area contributed by atoms with Gasteiger partial charge in [0.05, 0.1) is 22.1 Å². The van der Waals surface area contributed by atoms with Crippen molar-refractivity contribution < 1.29 is 4.39 Å². The van der Waals surface area contributed by atoms with Gasteiger partial charge < -0.3 is 4.57 Å². The van der Waals surface area contributed by atoms with Crippen LogP contribution in [0.15, 0.2) is 206 Å². The van der Waals surface area contributed by atoms with Gasteiger partial charge in [0.15, 0.2) is 11.6 Å². The van der Waals surface area contributed by atoms with Crippen molar-refractivity contribution in [1.29, 1.82) is 0 Å². The van der Waals surface area contributed by atoms with E-state index in [1.165, 1.54) is 22.4 Å². The van der Waals surface area contributed by atoms with Crippen LogP contribution in [0.3, 0.4) is 0 Å². The van der Waals surface area contributed by atoms with Gasteiger partial charge in [-0.2, -0.15) is 9.97 Å². The second-order valence-electron chi connectivity index (χ2n) is 16.1. The molecule has 10 aromatic carbocycles. The Kier molecular flexibility index (Phi) is 7.72. The van der Waals surface area contributed by atoms with Crippen molar-refractivity contribution in [1.82, 2.24) is 24.1 Å². The normalized spacial score (nSPS) is 11.9. The molecule has 0 saturated heterocycles. The number of aromatic nitrogens is 5. The van der Waals surface area contributed by atoms with Gasteiger partial charge in [0.1, 0.15) is 5.82 Å². The Morgan fingerprint density at radius 3 is 1.54 bits per heavy atom. The van der Waals surface area contributed by atoms with Gasteiger partial charge >= 0.3 is 0 Å². The monoisotopic (exact) mass is 807 g/mol. The van der Waals surface area contributed by atoms with Gasteiger partial charge in [0.25, 0.3) is 0 Å². The number of nitrogens with zero attached hydrogens (tertiary/aromatic N) is 5. The molecule has 0 bridgehead atoms. The van der Waals surface area contributed by atoms with Crippen molar-refractivity contribution in [3.63, 3.8) is 0 Å². The van der Waals surface area contributed by atoms with Gasteiger partial charge in [-0.3, -0.25) is 4.57 Å². The molecule has 63 heavy (non-hydrogen) atoms. The fourth-order valence-electron chi connectivity index (χ4n) is 9.75. The third kappa shape index (κ3) is 5.51. The topological polar surface area (TPSA) is 48.5 Å². The SMILES string of the molecule is Fc1ccc2c(c1)c1ccccc1c1ccc(-c3nc(-c4ccccc4)nc(-n4c5ccccc5c5ccc(-c6ccc7c(c6)c6ccccc6n7-c6ccccc6)cc54)n3)cc12. The van der Waals surface area contributed by atoms with E-state index in [0.717, 1.165) is 87.6 Å². The summed E-state index contributed by atoms with van der Waals surface area (Å²) in [4.78, 5) is 15.7. The van der Waals surface area contributed by atoms with Crippen LogP contribution in [0.2, 0.25) is 0 Å². The fraction of sp³-hybridized carbons (Fsp3) is 0. The average molecular weight is 808 g/mol. The van der Waals surface area contributed by atoms with Crippen LogP contribution in [0.25, 0.3) is 121 Å². The van der Waals surface area contributed by atoms with Gasteiger partial charge in [0, 0.05) is 38.4 Å². The molecule has 3 aromatic heterocycles. The first-order chi connectivity index (χ1) is 31.1. The third-order valence-corrected chi connectivity index (χ3v) is 12.6. The molecular formula is C57H34FN5. The van der Waals surface area contributed by atoms with E-state index < -0.39 is 0 Å². The summed E-state index contributed by atoms with van der Waals surface area (Å²) in [6, 6.07) is 70.9. The highest BCUT2D eigenvalue weighted by Gasteiger charge is 2.20. The Bertz CT molecular complexity index is 3980. The molecule has 0 aliphatic heterocycles. The minimum Gasteiger partial charge on any atom is -0.309 e. The Labute approximate surface area is 360 Å². The Hall–Kier alpha value is -8.48. The summed E-state index contributed by atoms with van der Waals surface area (Å²) >= 11 is 0. The molecule has 6 heteroatoms. The smallest absolute Gasteiger partial charge is 0.238 e. The summed E-state index contributed by atoms with van der Waals surface area (Å²) in [6.45, 7) is 0. The van der Waals surface area contributed by atoms with Crippen LogP contribution in [0, 0.1) is 5.82 Å². The van der Waals surface area contributed by atoms with Crippen molar-refractivity contribution in [2.24, 2.45) is 0 Å². The molecule has 13 rings (SSSR count). The molecule has 5 nitrogen and oxygen atoms in total.